The zero-order valence-electron chi connectivity index (χ0n) is 10.6. The third-order valence-electron chi connectivity index (χ3n) is 2.13. The number of hydrogen-bond donors (Lipinski definition) is 2. The summed E-state index contributed by atoms with van der Waals surface area (Å²) < 4.78 is 0. The van der Waals surface area contributed by atoms with Crippen molar-refractivity contribution in [1.29, 1.82) is 0 Å². The first-order valence-electron chi connectivity index (χ1n) is 6.15. The molecule has 0 saturated heterocycles. The van der Waals surface area contributed by atoms with E-state index in [-0.39, 0.29) is 6.61 Å². The summed E-state index contributed by atoms with van der Waals surface area (Å²) in [4.78, 5) is 8.96. The molecule has 96 valence electrons. The molecule has 0 bridgehead atoms. The third-order valence-corrected chi connectivity index (χ3v) is 3.13. The van der Waals surface area contributed by atoms with E-state index < -0.39 is 0 Å². The largest absolute Gasteiger partial charge is 0.396 e. The third kappa shape index (κ3) is 5.37. The predicted octanol–water partition coefficient (Wildman–Crippen LogP) is 2.34. The van der Waals surface area contributed by atoms with E-state index >= 15 is 0 Å². The average Bonchev–Trinajstić information content (AvgIpc) is 2.30. The molecule has 1 rings (SSSR count). The van der Waals surface area contributed by atoms with Crippen molar-refractivity contribution < 1.29 is 5.11 Å². The summed E-state index contributed by atoms with van der Waals surface area (Å²) in [5.41, 5.74) is 0. The average molecular weight is 255 g/mol. The number of nitrogens with zero attached hydrogens (tertiary/aromatic N) is 2. The van der Waals surface area contributed by atoms with Crippen molar-refractivity contribution in [2.45, 2.75) is 38.1 Å². The van der Waals surface area contributed by atoms with Gasteiger partial charge in [0, 0.05) is 31.4 Å². The number of aromatic nitrogens is 2. The summed E-state index contributed by atoms with van der Waals surface area (Å²) in [6.45, 7) is 5.28. The minimum atomic E-state index is 0.236. The molecule has 0 spiro atoms. The highest BCUT2D eigenvalue weighted by atomic mass is 32.2. The Bertz CT molecular complexity index is 309. The smallest absolute Gasteiger partial charge is 0.132 e. The molecule has 0 unspecified atom stereocenters. The summed E-state index contributed by atoms with van der Waals surface area (Å²) in [6.07, 6.45) is 2.76. The molecule has 0 aliphatic carbocycles. The summed E-state index contributed by atoms with van der Waals surface area (Å²) >= 11 is 1.67. The second kappa shape index (κ2) is 8.31. The molecule has 1 aromatic heterocycles. The van der Waals surface area contributed by atoms with Gasteiger partial charge in [0.1, 0.15) is 16.7 Å². The van der Waals surface area contributed by atoms with Gasteiger partial charge in [0.05, 0.1) is 0 Å². The number of anilines is 1. The lowest BCUT2D eigenvalue weighted by atomic mass is 10.3. The molecule has 5 heteroatoms. The maximum Gasteiger partial charge on any atom is 0.132 e. The molecule has 0 radical (unpaired) electrons. The number of hydrogen-bond acceptors (Lipinski definition) is 5. The maximum absolute atomic E-state index is 8.76. The Morgan fingerprint density at radius 3 is 2.82 bits per heavy atom. The number of thioether (sulfide) groups is 1. The molecule has 0 aromatic carbocycles. The first-order valence-corrected chi connectivity index (χ1v) is 7.14. The molecule has 2 N–H and O–H groups in total. The Hall–Kier alpha value is -0.810. The quantitative estimate of drug-likeness (QED) is 0.424. The Morgan fingerprint density at radius 1 is 1.35 bits per heavy atom. The van der Waals surface area contributed by atoms with Crippen LogP contribution >= 0.6 is 11.8 Å². The molecule has 1 aromatic rings. The topological polar surface area (TPSA) is 58.0 Å². The second-order valence-corrected chi connectivity index (χ2v) is 4.83. The zero-order valence-corrected chi connectivity index (χ0v) is 11.4. The van der Waals surface area contributed by atoms with E-state index in [1.54, 1.807) is 11.8 Å². The van der Waals surface area contributed by atoms with Gasteiger partial charge in [-0.15, -0.1) is 11.8 Å². The molecule has 0 atom stereocenters. The van der Waals surface area contributed by atoms with Crippen LogP contribution in [-0.2, 0) is 6.42 Å². The standard InChI is InChI=1S/C12H21N3OS/c1-3-6-10-14-11(13-4-2)9-12(15-10)17-8-5-7-16/h9,16H,3-8H2,1-2H3,(H,13,14,15). The lowest BCUT2D eigenvalue weighted by Gasteiger charge is -2.08. The predicted molar refractivity (Wildman–Crippen MR) is 72.6 cm³/mol. The van der Waals surface area contributed by atoms with Crippen LogP contribution in [0.1, 0.15) is 32.5 Å². The molecule has 0 amide bonds. The van der Waals surface area contributed by atoms with Crippen molar-refractivity contribution in [2.24, 2.45) is 0 Å². The van der Waals surface area contributed by atoms with Gasteiger partial charge in [-0.05, 0) is 19.8 Å². The molecule has 1 heterocycles. The molecule has 0 aliphatic rings. The number of nitrogens with one attached hydrogen (secondary N) is 1. The van der Waals surface area contributed by atoms with E-state index in [9.17, 15) is 0 Å². The van der Waals surface area contributed by atoms with E-state index in [0.717, 1.165) is 48.2 Å². The first kappa shape index (κ1) is 14.3. The zero-order chi connectivity index (χ0) is 12.5. The van der Waals surface area contributed by atoms with Crippen LogP contribution in [0.5, 0.6) is 0 Å². The highest BCUT2D eigenvalue weighted by Crippen LogP contribution is 2.19. The fourth-order valence-corrected chi connectivity index (χ4v) is 2.24. The van der Waals surface area contributed by atoms with Crippen molar-refractivity contribution in [1.82, 2.24) is 9.97 Å². The van der Waals surface area contributed by atoms with Crippen molar-refractivity contribution >= 4 is 17.6 Å². The Labute approximate surface area is 107 Å². The lowest BCUT2D eigenvalue weighted by Crippen LogP contribution is -2.04. The van der Waals surface area contributed by atoms with E-state index in [1.165, 1.54) is 0 Å². The van der Waals surface area contributed by atoms with Gasteiger partial charge in [-0.2, -0.15) is 0 Å². The van der Waals surface area contributed by atoms with Crippen LogP contribution in [0.3, 0.4) is 0 Å². The minimum Gasteiger partial charge on any atom is -0.396 e. The lowest BCUT2D eigenvalue weighted by molar-refractivity contribution is 0.296. The van der Waals surface area contributed by atoms with E-state index in [1.807, 2.05) is 6.07 Å². The Balaban J connectivity index is 2.72. The van der Waals surface area contributed by atoms with Crippen LogP contribution in [0, 0.1) is 0 Å². The van der Waals surface area contributed by atoms with E-state index in [4.69, 9.17) is 5.11 Å². The van der Waals surface area contributed by atoms with Gasteiger partial charge in [0.15, 0.2) is 0 Å². The van der Waals surface area contributed by atoms with E-state index in [0.29, 0.717) is 0 Å². The summed E-state index contributed by atoms with van der Waals surface area (Å²) in [7, 11) is 0. The molecular formula is C12H21N3OS. The fourth-order valence-electron chi connectivity index (χ4n) is 1.40. The highest BCUT2D eigenvalue weighted by molar-refractivity contribution is 7.99. The van der Waals surface area contributed by atoms with Gasteiger partial charge in [-0.25, -0.2) is 9.97 Å². The van der Waals surface area contributed by atoms with Gasteiger partial charge < -0.3 is 10.4 Å². The van der Waals surface area contributed by atoms with Crippen LogP contribution in [0.25, 0.3) is 0 Å². The molecule has 0 aliphatic heterocycles. The maximum atomic E-state index is 8.76. The number of aliphatic hydroxyl groups excluding tert-OH is 1. The van der Waals surface area contributed by atoms with Crippen molar-refractivity contribution in [3.8, 4) is 0 Å². The summed E-state index contributed by atoms with van der Waals surface area (Å²) in [5.74, 6) is 2.69. The van der Waals surface area contributed by atoms with Crippen LogP contribution in [0.15, 0.2) is 11.1 Å². The summed E-state index contributed by atoms with van der Waals surface area (Å²) in [6, 6.07) is 1.98. The number of aliphatic hydroxyl groups is 1. The van der Waals surface area contributed by atoms with Crippen LogP contribution in [0.4, 0.5) is 5.82 Å². The first-order chi connectivity index (χ1) is 8.30. The normalized spacial score (nSPS) is 10.5. The summed E-state index contributed by atoms with van der Waals surface area (Å²) in [5, 5.41) is 13.0. The van der Waals surface area contributed by atoms with Gasteiger partial charge in [-0.1, -0.05) is 6.92 Å². The van der Waals surface area contributed by atoms with Gasteiger partial charge in [-0.3, -0.25) is 0 Å². The SMILES string of the molecule is CCCc1nc(NCC)cc(SCCCO)n1. The highest BCUT2D eigenvalue weighted by Gasteiger charge is 2.04. The van der Waals surface area contributed by atoms with Crippen molar-refractivity contribution in [3.63, 3.8) is 0 Å². The molecule has 0 fully saturated rings. The van der Waals surface area contributed by atoms with E-state index in [2.05, 4.69) is 29.1 Å². The van der Waals surface area contributed by atoms with Gasteiger partial charge in [0.25, 0.3) is 0 Å². The van der Waals surface area contributed by atoms with Crippen LogP contribution < -0.4 is 5.32 Å². The number of aryl methyl sites for hydroxylation is 1. The van der Waals surface area contributed by atoms with Crippen LogP contribution in [0.2, 0.25) is 0 Å². The molecular weight excluding hydrogens is 234 g/mol. The monoisotopic (exact) mass is 255 g/mol. The van der Waals surface area contributed by atoms with Crippen molar-refractivity contribution in [3.05, 3.63) is 11.9 Å². The number of rotatable bonds is 8. The minimum absolute atomic E-state index is 0.236. The molecule has 4 nitrogen and oxygen atoms in total. The molecule has 17 heavy (non-hydrogen) atoms. The molecule has 0 saturated carbocycles. The Kier molecular flexibility index (Phi) is 6.96. The van der Waals surface area contributed by atoms with Gasteiger partial charge in [0.2, 0.25) is 0 Å². The van der Waals surface area contributed by atoms with Crippen LogP contribution in [-0.4, -0.2) is 34.0 Å². The van der Waals surface area contributed by atoms with Gasteiger partial charge >= 0.3 is 0 Å². The Morgan fingerprint density at radius 2 is 2.18 bits per heavy atom. The fraction of sp³-hybridized carbons (Fsp3) is 0.667. The second-order valence-electron chi connectivity index (χ2n) is 3.71. The van der Waals surface area contributed by atoms with Crippen molar-refractivity contribution in [2.75, 3.05) is 24.2 Å².